The van der Waals surface area contributed by atoms with E-state index >= 15 is 0 Å². The molecular formula is C23H45N4O9P. The molecule has 1 aromatic rings. The van der Waals surface area contributed by atoms with Crippen molar-refractivity contribution in [3.8, 4) is 0 Å². The van der Waals surface area contributed by atoms with E-state index in [-0.39, 0.29) is 12.1 Å². The number of aromatic nitrogens is 3. The summed E-state index contributed by atoms with van der Waals surface area (Å²) in [4.78, 5) is 21.1. The van der Waals surface area contributed by atoms with Gasteiger partial charge in [0.15, 0.2) is 0 Å². The highest BCUT2D eigenvalue weighted by atomic mass is 31.2. The number of unbranched alkanes of at least 4 members (excludes halogenated alkanes) is 3. The van der Waals surface area contributed by atoms with Gasteiger partial charge in [-0.2, -0.15) is 0 Å². The maximum absolute atomic E-state index is 11.8. The van der Waals surface area contributed by atoms with Gasteiger partial charge in [0, 0.05) is 26.2 Å². The molecule has 1 atom stereocenters. The number of rotatable bonds is 26. The summed E-state index contributed by atoms with van der Waals surface area (Å²) in [5.41, 5.74) is 0.788. The Morgan fingerprint density at radius 3 is 2.03 bits per heavy atom. The van der Waals surface area contributed by atoms with Crippen molar-refractivity contribution in [3.63, 3.8) is 0 Å². The molecule has 0 aliphatic rings. The average molecular weight is 553 g/mol. The minimum Gasteiger partial charge on any atom is -0.379 e. The van der Waals surface area contributed by atoms with E-state index in [1.165, 1.54) is 0 Å². The number of amides is 1. The molecule has 13 nitrogen and oxygen atoms in total. The molecule has 0 radical (unpaired) electrons. The fraction of sp³-hybridized carbons (Fsp3) is 0.870. The van der Waals surface area contributed by atoms with E-state index in [0.717, 1.165) is 31.4 Å². The number of hydrogen-bond acceptors (Lipinski definition) is 10. The molecule has 1 heterocycles. The topological polar surface area (TPSA) is 152 Å². The quantitative estimate of drug-likeness (QED) is 0.128. The first-order valence-electron chi connectivity index (χ1n) is 12.9. The van der Waals surface area contributed by atoms with Crippen LogP contribution in [0.5, 0.6) is 0 Å². The van der Waals surface area contributed by atoms with E-state index in [0.29, 0.717) is 85.6 Å². The van der Waals surface area contributed by atoms with Crippen molar-refractivity contribution in [2.45, 2.75) is 45.6 Å². The number of nitrogens with zero attached hydrogens (tertiary/aromatic N) is 3. The molecule has 0 saturated carbocycles. The molecule has 0 aliphatic heterocycles. The molecule has 0 aromatic carbocycles. The monoisotopic (exact) mass is 552 g/mol. The van der Waals surface area contributed by atoms with Gasteiger partial charge in [-0.25, -0.2) is 0 Å². The zero-order valence-corrected chi connectivity index (χ0v) is 23.2. The molecule has 0 saturated heterocycles. The Labute approximate surface area is 220 Å². The molecule has 37 heavy (non-hydrogen) atoms. The van der Waals surface area contributed by atoms with Crippen molar-refractivity contribution in [1.29, 1.82) is 0 Å². The number of carbonyl (C=O) groups is 1. The van der Waals surface area contributed by atoms with Crippen molar-refractivity contribution in [1.82, 2.24) is 20.3 Å². The molecule has 0 aliphatic carbocycles. The Hall–Kier alpha value is -1.44. The van der Waals surface area contributed by atoms with Crippen LogP contribution in [0.4, 0.5) is 0 Å². The normalized spacial score (nSPS) is 13.1. The lowest BCUT2D eigenvalue weighted by molar-refractivity contribution is -0.122. The van der Waals surface area contributed by atoms with Crippen LogP contribution in [0.3, 0.4) is 0 Å². The summed E-state index contributed by atoms with van der Waals surface area (Å²) < 4.78 is 45.0. The third-order valence-corrected chi connectivity index (χ3v) is 6.33. The first-order valence-corrected chi connectivity index (χ1v) is 14.7. The largest absolute Gasteiger partial charge is 0.379 e. The second-order valence-corrected chi connectivity index (χ2v) is 10.4. The van der Waals surface area contributed by atoms with Crippen molar-refractivity contribution >= 4 is 13.5 Å². The Balaban J connectivity index is 1.72. The highest BCUT2D eigenvalue weighted by Gasteiger charge is 2.14. The number of ether oxygens (including phenoxy) is 5. The molecule has 0 bridgehead atoms. The number of carbonyl (C=O) groups excluding carboxylic acids is 1. The predicted octanol–water partition coefficient (Wildman–Crippen LogP) is 1.69. The van der Waals surface area contributed by atoms with Gasteiger partial charge < -0.3 is 38.4 Å². The Morgan fingerprint density at radius 1 is 0.892 bits per heavy atom. The average Bonchev–Trinajstić information content (AvgIpc) is 3.30. The van der Waals surface area contributed by atoms with Crippen LogP contribution in [0.1, 0.15) is 44.7 Å². The lowest BCUT2D eigenvalue weighted by Crippen LogP contribution is -2.25. The van der Waals surface area contributed by atoms with Crippen LogP contribution in [-0.2, 0) is 51.2 Å². The summed E-state index contributed by atoms with van der Waals surface area (Å²) in [6.07, 6.45) is 5.66. The van der Waals surface area contributed by atoms with Crippen LogP contribution in [0, 0.1) is 0 Å². The van der Waals surface area contributed by atoms with Crippen molar-refractivity contribution in [2.24, 2.45) is 7.05 Å². The molecule has 1 aromatic heterocycles. The summed E-state index contributed by atoms with van der Waals surface area (Å²) in [6.45, 7) is 7.05. The molecular weight excluding hydrogens is 507 g/mol. The summed E-state index contributed by atoms with van der Waals surface area (Å²) in [6, 6.07) is 0. The van der Waals surface area contributed by atoms with E-state index in [4.69, 9.17) is 28.2 Å². The van der Waals surface area contributed by atoms with Crippen LogP contribution in [0.15, 0.2) is 6.20 Å². The molecule has 1 rings (SSSR count). The van der Waals surface area contributed by atoms with Gasteiger partial charge in [0.1, 0.15) is 5.69 Å². The van der Waals surface area contributed by atoms with E-state index in [9.17, 15) is 14.3 Å². The number of aryl methyl sites for hydroxylation is 1. The van der Waals surface area contributed by atoms with Crippen LogP contribution in [0.2, 0.25) is 0 Å². The minimum absolute atomic E-state index is 0.0406. The lowest BCUT2D eigenvalue weighted by atomic mass is 10.2. The third kappa shape index (κ3) is 21.2. The molecule has 216 valence electrons. The van der Waals surface area contributed by atoms with Crippen LogP contribution in [-0.4, -0.2) is 105 Å². The van der Waals surface area contributed by atoms with Crippen molar-refractivity contribution in [3.05, 3.63) is 11.9 Å². The SMILES string of the molecule is CCP(=O)(O)OCCCCCCNC(=O)CCOCCOCCOCCOCCOCc1cn(C)nn1. The van der Waals surface area contributed by atoms with Gasteiger partial charge in [-0.05, 0) is 12.8 Å². The Morgan fingerprint density at radius 2 is 1.46 bits per heavy atom. The van der Waals surface area contributed by atoms with Gasteiger partial charge in [0.25, 0.3) is 0 Å². The van der Waals surface area contributed by atoms with E-state index in [1.54, 1.807) is 11.6 Å². The van der Waals surface area contributed by atoms with Gasteiger partial charge in [-0.3, -0.25) is 14.0 Å². The highest BCUT2D eigenvalue weighted by Crippen LogP contribution is 2.41. The van der Waals surface area contributed by atoms with Crippen LogP contribution in [0.25, 0.3) is 0 Å². The zero-order chi connectivity index (χ0) is 27.0. The van der Waals surface area contributed by atoms with Crippen LogP contribution < -0.4 is 5.32 Å². The minimum atomic E-state index is -3.38. The molecule has 2 N–H and O–H groups in total. The molecule has 1 unspecified atom stereocenters. The Kier molecular flexibility index (Phi) is 20.5. The van der Waals surface area contributed by atoms with Crippen molar-refractivity contribution in [2.75, 3.05) is 78.8 Å². The van der Waals surface area contributed by atoms with E-state index < -0.39 is 7.60 Å². The fourth-order valence-electron chi connectivity index (χ4n) is 2.88. The van der Waals surface area contributed by atoms with Gasteiger partial charge >= 0.3 is 7.60 Å². The summed E-state index contributed by atoms with van der Waals surface area (Å²) in [7, 11) is -1.57. The second-order valence-electron chi connectivity index (χ2n) is 8.19. The third-order valence-electron chi connectivity index (χ3n) is 4.95. The standard InChI is InChI=1S/C23H45N4O9P/c1-3-37(29,30)36-10-7-5-4-6-9-24-23(28)8-11-31-12-13-32-14-15-33-16-17-34-18-19-35-21-22-20-27(2)26-25-22/h20H,3-19,21H2,1-2H3,(H,24,28)(H,29,30). The lowest BCUT2D eigenvalue weighted by Gasteiger charge is -2.09. The highest BCUT2D eigenvalue weighted by molar-refractivity contribution is 7.52. The smallest absolute Gasteiger partial charge is 0.327 e. The van der Waals surface area contributed by atoms with E-state index in [1.807, 2.05) is 13.2 Å². The molecule has 0 fully saturated rings. The van der Waals surface area contributed by atoms with E-state index in [2.05, 4.69) is 15.6 Å². The summed E-state index contributed by atoms with van der Waals surface area (Å²) in [5, 5.41) is 10.6. The molecule has 1 amide bonds. The Bertz CT molecular complexity index is 739. The summed E-state index contributed by atoms with van der Waals surface area (Å²) >= 11 is 0. The zero-order valence-electron chi connectivity index (χ0n) is 22.3. The molecule has 0 spiro atoms. The van der Waals surface area contributed by atoms with Gasteiger partial charge in [-0.1, -0.05) is 25.0 Å². The summed E-state index contributed by atoms with van der Waals surface area (Å²) in [5.74, 6) is -0.0406. The molecule has 14 heteroatoms. The first kappa shape index (κ1) is 33.6. The van der Waals surface area contributed by atoms with Gasteiger partial charge in [0.05, 0.1) is 78.9 Å². The predicted molar refractivity (Wildman–Crippen MR) is 136 cm³/mol. The maximum Gasteiger partial charge on any atom is 0.327 e. The number of hydrogen-bond donors (Lipinski definition) is 2. The fourth-order valence-corrected chi connectivity index (χ4v) is 3.47. The van der Waals surface area contributed by atoms with Gasteiger partial charge in [0.2, 0.25) is 5.91 Å². The number of nitrogens with one attached hydrogen (secondary N) is 1. The van der Waals surface area contributed by atoms with Crippen LogP contribution >= 0.6 is 7.60 Å². The first-order chi connectivity index (χ1) is 17.9. The van der Waals surface area contributed by atoms with Gasteiger partial charge in [-0.15, -0.1) is 5.10 Å². The second kappa shape index (κ2) is 22.5. The maximum atomic E-state index is 11.8. The van der Waals surface area contributed by atoms with Crippen molar-refractivity contribution < 1.29 is 42.5 Å².